The maximum atomic E-state index is 13.7. The Hall–Kier alpha value is -13.8. The number of ether oxygens (including phenoxy) is 3. The predicted molar refractivity (Wildman–Crippen MR) is 515 cm³/mol. The Morgan fingerprint density at radius 1 is 0.420 bits per heavy atom. The van der Waals surface area contributed by atoms with Gasteiger partial charge in [0.25, 0.3) is 11.8 Å². The molecule has 12 aromatic rings. The number of H-pyrrole nitrogens is 3. The molecule has 138 heavy (non-hydrogen) atoms. The maximum Gasteiger partial charge on any atom is 0.341 e. The number of nitriles is 1. The zero-order chi connectivity index (χ0) is 99.9. The Kier molecular flexibility index (Phi) is 37.0. The molecule has 6 aliphatic rings. The second-order valence-electron chi connectivity index (χ2n) is 32.0. The number of fused-ring (bicyclic) bond motifs is 3. The number of hydrogen-bond donors (Lipinski definition) is 8. The number of nitrogens with zero attached hydrogens (tertiary/aromatic N) is 12. The highest BCUT2D eigenvalue weighted by molar-refractivity contribution is 6.31. The first-order valence-electron chi connectivity index (χ1n) is 42.8. The summed E-state index contributed by atoms with van der Waals surface area (Å²) in [5.41, 5.74) is 15.7. The van der Waals surface area contributed by atoms with E-state index in [1.54, 1.807) is 73.0 Å². The molecule has 6 aliphatic heterocycles. The van der Waals surface area contributed by atoms with Crippen LogP contribution < -0.4 is 62.9 Å². The van der Waals surface area contributed by atoms with E-state index in [1.807, 2.05) is 39.0 Å². The van der Waals surface area contributed by atoms with Crippen molar-refractivity contribution in [1.29, 1.82) is 5.26 Å². The van der Waals surface area contributed by atoms with Gasteiger partial charge in [-0.15, -0.1) is 0 Å². The summed E-state index contributed by atoms with van der Waals surface area (Å²) in [6, 6.07) is 30.6. The van der Waals surface area contributed by atoms with E-state index < -0.39 is 72.6 Å². The van der Waals surface area contributed by atoms with Crippen molar-refractivity contribution >= 4 is 172 Å². The molecule has 3 aromatic carbocycles. The minimum Gasteiger partial charge on any atom is -0.478 e. The second kappa shape index (κ2) is 48.8. The van der Waals surface area contributed by atoms with Crippen LogP contribution in [0.25, 0.3) is 32.7 Å². The zero-order valence-corrected chi connectivity index (χ0v) is 78.7. The summed E-state index contributed by atoms with van der Waals surface area (Å²) in [6.45, 7) is 10.8. The standard InChI is InChI=1S/C21H18FN5O2.C20H18ClFN4O2.2C11H12ClFN2O2.C10H10ClFN2O2.C10H10N2O.C7H5ClFNO2.C4H8FN/c1-12-6-20(28)26-18-3-2-14(7-16(12)18)25-21(29)17-8-15(9-23)24-10-19(17)27-5-4-13(22)11-27;1-11-6-19(27)25-16-3-2-13(7-14(11)16)24-20(28)15-8-18(21)23-9-17(15)26-5-4-12(22)10-26;2*1-17-11(16)8-4-10(12)14-5-9(8)15-3-2-7(13)6-15;11-9-3-7(10(15)16)8(4-13-9)14-2-1-6(12)5-14;1-6-4-10(13)12-9-3-2-7(11)5-8(6)9;1-12-7(11)4-2-6(8)10-3-5(4)9;5-4-1-2-6-3-4/h2-3,6-8,10,13H,4-5,11H2,1H3,(H,25,29)(H,26,28);2-3,6-9,12H,4-5,10H2,1H3,(H,24,28)(H,25,27);2*4-5,7H,2-3,6H2,1H3;3-4,6H,1-2,5H2,(H,15,16);2-5H,11H2,1H3,(H,12,13);2-3H,1H3;4,6H,1-3H2. The molecule has 0 bridgehead atoms. The van der Waals surface area contributed by atoms with Crippen molar-refractivity contribution in [1.82, 2.24) is 50.2 Å². The number of benzene rings is 3. The Bertz CT molecular complexity index is 6630. The minimum absolute atomic E-state index is 0.0526. The van der Waals surface area contributed by atoms with E-state index in [9.17, 15) is 73.9 Å². The van der Waals surface area contributed by atoms with Gasteiger partial charge in [0.05, 0.1) is 120 Å². The normalized spacial score (nSPS) is 17.2. The van der Waals surface area contributed by atoms with Crippen LogP contribution in [0.4, 0.5) is 76.2 Å². The van der Waals surface area contributed by atoms with Crippen molar-refractivity contribution in [2.24, 2.45) is 0 Å². The number of nitrogens with one attached hydrogen (secondary N) is 6. The number of esters is 3. The van der Waals surface area contributed by atoms with Gasteiger partial charge in [-0.3, -0.25) is 24.0 Å². The van der Waals surface area contributed by atoms with Gasteiger partial charge in [-0.1, -0.05) is 58.0 Å². The van der Waals surface area contributed by atoms with Crippen molar-refractivity contribution in [3.63, 3.8) is 0 Å². The van der Waals surface area contributed by atoms with E-state index in [0.29, 0.717) is 151 Å². The third-order valence-corrected chi connectivity index (χ3v) is 23.2. The Balaban J connectivity index is 0.000000156. The van der Waals surface area contributed by atoms with Crippen LogP contribution in [0.3, 0.4) is 0 Å². The molecule has 0 spiro atoms. The fraction of sp³-hybridized carbons (Fsp3) is 0.319. The number of alkyl halides is 6. The number of aromatic amines is 3. The van der Waals surface area contributed by atoms with Crippen LogP contribution >= 0.6 is 58.0 Å². The highest BCUT2D eigenvalue weighted by atomic mass is 35.5. The number of carboxylic acids is 1. The maximum absolute atomic E-state index is 13.7. The first-order chi connectivity index (χ1) is 65.8. The molecule has 6 saturated heterocycles. The van der Waals surface area contributed by atoms with E-state index in [-0.39, 0.29) is 103 Å². The fourth-order valence-electron chi connectivity index (χ4n) is 15.4. The van der Waals surface area contributed by atoms with Crippen LogP contribution in [0, 0.1) is 37.9 Å². The summed E-state index contributed by atoms with van der Waals surface area (Å²) in [5.74, 6) is -4.35. The molecule has 0 saturated carbocycles. The summed E-state index contributed by atoms with van der Waals surface area (Å²) < 4.78 is 105. The molecule has 9 N–H and O–H groups in total. The summed E-state index contributed by atoms with van der Waals surface area (Å²) in [6.07, 6.45) is 5.95. The van der Waals surface area contributed by atoms with Crippen molar-refractivity contribution in [2.45, 2.75) is 96.3 Å². The van der Waals surface area contributed by atoms with Gasteiger partial charge in [0, 0.05) is 140 Å². The lowest BCUT2D eigenvalue weighted by molar-refractivity contribution is 0.0588. The zero-order valence-electron chi connectivity index (χ0n) is 74.9. The molecule has 6 unspecified atom stereocenters. The Morgan fingerprint density at radius 2 is 0.732 bits per heavy atom. The number of nitrogens with two attached hydrogens (primary N) is 1. The highest BCUT2D eigenvalue weighted by Gasteiger charge is 2.33. The average Bonchev–Trinajstić information content (AvgIpc) is 1.53. The van der Waals surface area contributed by atoms with Crippen LogP contribution in [-0.2, 0) is 14.2 Å². The third kappa shape index (κ3) is 28.5. The molecule has 18 rings (SSSR count). The van der Waals surface area contributed by atoms with E-state index in [0.717, 1.165) is 64.3 Å². The number of carboxylic acid groups (broad SMARTS) is 1. The minimum atomic E-state index is -1.08. The molecule has 44 heteroatoms. The van der Waals surface area contributed by atoms with E-state index in [1.165, 1.54) is 87.7 Å². The lowest BCUT2D eigenvalue weighted by Gasteiger charge is -2.20. The summed E-state index contributed by atoms with van der Waals surface area (Å²) >= 11 is 28.5. The number of hydrogen-bond acceptors (Lipinski definition) is 26. The van der Waals surface area contributed by atoms with Crippen LogP contribution in [0.1, 0.15) is 123 Å². The number of anilines is 8. The Labute approximate surface area is 809 Å². The van der Waals surface area contributed by atoms with E-state index >= 15 is 0 Å². The number of pyridine rings is 9. The molecule has 726 valence electrons. The number of rotatable bonds is 13. The largest absolute Gasteiger partial charge is 0.478 e. The molecule has 2 amide bonds. The van der Waals surface area contributed by atoms with Crippen LogP contribution in [-0.4, -0.2) is 223 Å². The van der Waals surface area contributed by atoms with Gasteiger partial charge in [-0.05, 0) is 174 Å². The molecule has 0 radical (unpaired) electrons. The molecular formula is C94H93Cl5F7N19O13. The average molecular weight is 2010 g/mol. The SMILES string of the molecule is COC(=O)c1cc(Cl)ncc1F.COC(=O)c1cc(Cl)ncc1N1CCC(F)C1.COC(=O)c1cc(Cl)ncc1N1CCC(F)C1.Cc1cc(=O)[nH]c2ccc(N)cc12.Cc1cc(=O)[nH]c2ccc(NC(=O)c3cc(C#N)ncc3N3CCC(F)C3)cc12.Cc1cc(=O)[nH]c2ccc(NC(=O)c3cc(Cl)ncc3N3CCC(F)C3)cc12.FC1CCNC1.O=C(O)c1cc(Cl)ncc1N1CCC(F)C1. The monoisotopic (exact) mass is 2000 g/mol. The van der Waals surface area contributed by atoms with E-state index in [2.05, 4.69) is 75.0 Å². The topological polar surface area (TPSA) is 428 Å². The number of carbonyl (C=O) groups excluding carboxylic acids is 5. The van der Waals surface area contributed by atoms with Crippen LogP contribution in [0.15, 0.2) is 161 Å². The van der Waals surface area contributed by atoms with Crippen LogP contribution in [0.5, 0.6) is 0 Å². The molecule has 0 aliphatic carbocycles. The van der Waals surface area contributed by atoms with Gasteiger partial charge in [0.2, 0.25) is 16.7 Å². The number of aromatic nitrogens is 9. The lowest BCUT2D eigenvalue weighted by Crippen LogP contribution is -2.24. The molecule has 6 fully saturated rings. The smallest absolute Gasteiger partial charge is 0.341 e. The fourth-order valence-corrected chi connectivity index (χ4v) is 16.2. The lowest BCUT2D eigenvalue weighted by atomic mass is 10.1. The van der Waals surface area contributed by atoms with E-state index in [4.69, 9.17) is 74.1 Å². The quantitative estimate of drug-likeness (QED) is 0.0175. The van der Waals surface area contributed by atoms with Crippen molar-refractivity contribution < 1.29 is 78.8 Å². The van der Waals surface area contributed by atoms with Gasteiger partial charge in [-0.2, -0.15) is 5.26 Å². The first kappa shape index (κ1) is 105. The summed E-state index contributed by atoms with van der Waals surface area (Å²) in [5, 5.41) is 30.2. The third-order valence-electron chi connectivity index (χ3n) is 22.2. The number of carbonyl (C=O) groups is 6. The molecule has 6 atom stereocenters. The number of aryl methyl sites for hydroxylation is 3. The summed E-state index contributed by atoms with van der Waals surface area (Å²) in [4.78, 5) is 146. The predicted octanol–water partition coefficient (Wildman–Crippen LogP) is 16.1. The van der Waals surface area contributed by atoms with Crippen molar-refractivity contribution in [3.05, 3.63) is 265 Å². The number of methoxy groups -OCH3 is 3. The molecule has 32 nitrogen and oxygen atoms in total. The first-order valence-corrected chi connectivity index (χ1v) is 44.7. The second-order valence-corrected chi connectivity index (χ2v) is 33.9. The number of aromatic carboxylic acids is 1. The van der Waals surface area contributed by atoms with Crippen LogP contribution in [0.2, 0.25) is 25.8 Å². The number of nitrogen functional groups attached to an aromatic ring is 1. The van der Waals surface area contributed by atoms with Gasteiger partial charge in [0.15, 0.2) is 5.82 Å². The van der Waals surface area contributed by atoms with Gasteiger partial charge >= 0.3 is 23.9 Å². The van der Waals surface area contributed by atoms with Gasteiger partial charge in [0.1, 0.15) is 74.6 Å². The molecule has 15 heterocycles. The van der Waals surface area contributed by atoms with Crippen molar-refractivity contribution in [3.8, 4) is 6.07 Å². The molecule has 9 aromatic heterocycles. The van der Waals surface area contributed by atoms with Crippen molar-refractivity contribution in [2.75, 3.05) is 141 Å². The number of amides is 2. The summed E-state index contributed by atoms with van der Waals surface area (Å²) in [7, 11) is 3.75. The highest BCUT2D eigenvalue weighted by Crippen LogP contribution is 2.35. The Morgan fingerprint density at radius 3 is 1.06 bits per heavy atom. The molecular weight excluding hydrogens is 1910 g/mol. The van der Waals surface area contributed by atoms with Gasteiger partial charge < -0.3 is 80.5 Å². The van der Waals surface area contributed by atoms with Gasteiger partial charge in [-0.25, -0.2) is 79.8 Å². The number of halogens is 12.